The normalized spacial score (nSPS) is 18.9. The fourth-order valence-corrected chi connectivity index (χ4v) is 2.51. The number of likely N-dealkylation sites (N-methyl/N-ethyl adjacent to an activating group) is 1. The summed E-state index contributed by atoms with van der Waals surface area (Å²) in [7, 11) is 0. The van der Waals surface area contributed by atoms with Crippen LogP contribution in [0.4, 0.5) is 4.39 Å². The Balaban J connectivity index is 2.19. The van der Waals surface area contributed by atoms with Gasteiger partial charge in [-0.15, -0.1) is 0 Å². The van der Waals surface area contributed by atoms with E-state index in [0.717, 1.165) is 19.5 Å². The van der Waals surface area contributed by atoms with E-state index in [1.807, 2.05) is 11.8 Å². The van der Waals surface area contributed by atoms with Gasteiger partial charge in [-0.3, -0.25) is 4.79 Å². The molecular weight excluding hydrogens is 299 g/mol. The zero-order valence-corrected chi connectivity index (χ0v) is 11.8. The standard InChI is InChI=1S/C13H16BrFN2O/c1-2-17(10-5-6-16-8-10)13(18)9-3-4-11(14)12(15)7-9/h3-4,7,10,16H,2,5-6,8H2,1H3. The van der Waals surface area contributed by atoms with E-state index in [1.54, 1.807) is 12.1 Å². The van der Waals surface area contributed by atoms with E-state index in [1.165, 1.54) is 6.07 Å². The van der Waals surface area contributed by atoms with Gasteiger partial charge in [-0.05, 0) is 54.0 Å². The molecule has 1 aromatic rings. The second kappa shape index (κ2) is 5.80. The number of halogens is 2. The van der Waals surface area contributed by atoms with Crippen LogP contribution in [0, 0.1) is 5.82 Å². The molecule has 0 aliphatic carbocycles. The molecule has 1 atom stereocenters. The Kier molecular flexibility index (Phi) is 4.35. The fraction of sp³-hybridized carbons (Fsp3) is 0.462. The zero-order valence-electron chi connectivity index (χ0n) is 10.2. The molecule has 0 radical (unpaired) electrons. The Bertz CT molecular complexity index is 447. The van der Waals surface area contributed by atoms with Crippen LogP contribution in [0.3, 0.4) is 0 Å². The van der Waals surface area contributed by atoms with E-state index in [-0.39, 0.29) is 11.9 Å². The summed E-state index contributed by atoms with van der Waals surface area (Å²) < 4.78 is 13.8. The number of hydrogen-bond acceptors (Lipinski definition) is 2. The van der Waals surface area contributed by atoms with Gasteiger partial charge in [0.05, 0.1) is 4.47 Å². The number of nitrogens with zero attached hydrogens (tertiary/aromatic N) is 1. The highest BCUT2D eigenvalue weighted by atomic mass is 79.9. The first-order chi connectivity index (χ1) is 8.63. The molecule has 18 heavy (non-hydrogen) atoms. The van der Waals surface area contributed by atoms with Gasteiger partial charge < -0.3 is 10.2 Å². The largest absolute Gasteiger partial charge is 0.335 e. The number of hydrogen-bond donors (Lipinski definition) is 1. The van der Waals surface area contributed by atoms with E-state index < -0.39 is 5.82 Å². The van der Waals surface area contributed by atoms with E-state index in [9.17, 15) is 9.18 Å². The van der Waals surface area contributed by atoms with E-state index in [2.05, 4.69) is 21.2 Å². The quantitative estimate of drug-likeness (QED) is 0.929. The molecular formula is C13H16BrFN2O. The summed E-state index contributed by atoms with van der Waals surface area (Å²) in [6, 6.07) is 4.73. The van der Waals surface area contributed by atoms with Crippen LogP contribution in [0.5, 0.6) is 0 Å². The van der Waals surface area contributed by atoms with Gasteiger partial charge in [0, 0.05) is 24.7 Å². The van der Waals surface area contributed by atoms with E-state index in [4.69, 9.17) is 0 Å². The van der Waals surface area contributed by atoms with Crippen LogP contribution in [0.1, 0.15) is 23.7 Å². The summed E-state index contributed by atoms with van der Waals surface area (Å²) in [4.78, 5) is 14.2. The monoisotopic (exact) mass is 314 g/mol. The maximum absolute atomic E-state index is 13.5. The van der Waals surface area contributed by atoms with Crippen molar-refractivity contribution in [3.05, 3.63) is 34.1 Å². The molecule has 1 heterocycles. The highest BCUT2D eigenvalue weighted by molar-refractivity contribution is 9.10. The summed E-state index contributed by atoms with van der Waals surface area (Å²) in [6.07, 6.45) is 0.957. The molecule has 0 saturated carbocycles. The maximum atomic E-state index is 13.5. The van der Waals surface area contributed by atoms with Crippen molar-refractivity contribution in [1.29, 1.82) is 0 Å². The second-order valence-corrected chi connectivity index (χ2v) is 5.22. The Hall–Kier alpha value is -0.940. The van der Waals surface area contributed by atoms with Crippen LogP contribution < -0.4 is 5.32 Å². The topological polar surface area (TPSA) is 32.3 Å². The van der Waals surface area contributed by atoms with Crippen LogP contribution in [-0.4, -0.2) is 36.5 Å². The maximum Gasteiger partial charge on any atom is 0.254 e. The fourth-order valence-electron chi connectivity index (χ4n) is 2.27. The van der Waals surface area contributed by atoms with Gasteiger partial charge >= 0.3 is 0 Å². The molecule has 1 amide bonds. The molecule has 98 valence electrons. The molecule has 1 unspecified atom stereocenters. The number of carbonyl (C=O) groups excluding carboxylic acids is 1. The lowest BCUT2D eigenvalue weighted by Gasteiger charge is -2.27. The van der Waals surface area contributed by atoms with E-state index in [0.29, 0.717) is 16.6 Å². The first kappa shape index (κ1) is 13.5. The molecule has 1 aliphatic heterocycles. The molecule has 1 N–H and O–H groups in total. The first-order valence-electron chi connectivity index (χ1n) is 6.10. The van der Waals surface area contributed by atoms with Gasteiger partial charge in [0.15, 0.2) is 0 Å². The van der Waals surface area contributed by atoms with Crippen molar-refractivity contribution in [1.82, 2.24) is 10.2 Å². The van der Waals surface area contributed by atoms with E-state index >= 15 is 0 Å². The molecule has 5 heteroatoms. The number of carbonyl (C=O) groups is 1. The van der Waals surface area contributed by atoms with Crippen molar-refractivity contribution in [3.8, 4) is 0 Å². The number of rotatable bonds is 3. The Morgan fingerprint density at radius 1 is 1.61 bits per heavy atom. The summed E-state index contributed by atoms with van der Waals surface area (Å²) in [6.45, 7) is 4.34. The number of nitrogens with one attached hydrogen (secondary N) is 1. The van der Waals surface area contributed by atoms with Crippen molar-refractivity contribution >= 4 is 21.8 Å². The minimum absolute atomic E-state index is 0.0994. The number of amides is 1. The highest BCUT2D eigenvalue weighted by Gasteiger charge is 2.26. The lowest BCUT2D eigenvalue weighted by Crippen LogP contribution is -2.41. The predicted octanol–water partition coefficient (Wildman–Crippen LogP) is 2.41. The van der Waals surface area contributed by atoms with Crippen molar-refractivity contribution in [2.24, 2.45) is 0 Å². The van der Waals surface area contributed by atoms with Gasteiger partial charge in [-0.25, -0.2) is 4.39 Å². The molecule has 1 fully saturated rings. The third-order valence-corrected chi connectivity index (χ3v) is 3.89. The van der Waals surface area contributed by atoms with Gasteiger partial charge in [0.2, 0.25) is 0 Å². The summed E-state index contributed by atoms with van der Waals surface area (Å²) in [5.74, 6) is -0.501. The van der Waals surface area contributed by atoms with Crippen molar-refractivity contribution in [2.75, 3.05) is 19.6 Å². The lowest BCUT2D eigenvalue weighted by molar-refractivity contribution is 0.0703. The minimum atomic E-state index is -0.401. The van der Waals surface area contributed by atoms with Crippen LogP contribution in [0.15, 0.2) is 22.7 Å². The Labute approximate surface area is 114 Å². The van der Waals surface area contributed by atoms with Gasteiger partial charge in [-0.2, -0.15) is 0 Å². The molecule has 3 nitrogen and oxygen atoms in total. The molecule has 0 bridgehead atoms. The molecule has 1 aromatic carbocycles. The van der Waals surface area contributed by atoms with Crippen molar-refractivity contribution < 1.29 is 9.18 Å². The van der Waals surface area contributed by atoms with Crippen LogP contribution >= 0.6 is 15.9 Å². The van der Waals surface area contributed by atoms with Gasteiger partial charge in [0.25, 0.3) is 5.91 Å². The zero-order chi connectivity index (χ0) is 13.1. The van der Waals surface area contributed by atoms with Crippen molar-refractivity contribution in [2.45, 2.75) is 19.4 Å². The Morgan fingerprint density at radius 2 is 2.39 bits per heavy atom. The molecule has 0 spiro atoms. The lowest BCUT2D eigenvalue weighted by atomic mass is 10.1. The van der Waals surface area contributed by atoms with Crippen LogP contribution in [0.25, 0.3) is 0 Å². The molecule has 2 rings (SSSR count). The molecule has 1 saturated heterocycles. The first-order valence-corrected chi connectivity index (χ1v) is 6.89. The van der Waals surface area contributed by atoms with Gasteiger partial charge in [0.1, 0.15) is 5.82 Å². The summed E-state index contributed by atoms with van der Waals surface area (Å²) in [5, 5.41) is 3.24. The Morgan fingerprint density at radius 3 is 2.94 bits per heavy atom. The molecule has 0 aromatic heterocycles. The second-order valence-electron chi connectivity index (χ2n) is 4.37. The summed E-state index contributed by atoms with van der Waals surface area (Å²) in [5.41, 5.74) is 0.407. The predicted molar refractivity (Wildman–Crippen MR) is 72.1 cm³/mol. The average Bonchev–Trinajstić information content (AvgIpc) is 2.87. The van der Waals surface area contributed by atoms with Crippen LogP contribution in [0.2, 0.25) is 0 Å². The highest BCUT2D eigenvalue weighted by Crippen LogP contribution is 2.19. The number of benzene rings is 1. The smallest absolute Gasteiger partial charge is 0.254 e. The average molecular weight is 315 g/mol. The SMILES string of the molecule is CCN(C(=O)c1ccc(Br)c(F)c1)C1CCNC1. The third kappa shape index (κ3) is 2.72. The third-order valence-electron chi connectivity index (χ3n) is 3.24. The van der Waals surface area contributed by atoms with Gasteiger partial charge in [-0.1, -0.05) is 0 Å². The van der Waals surface area contributed by atoms with Crippen molar-refractivity contribution in [3.63, 3.8) is 0 Å². The minimum Gasteiger partial charge on any atom is -0.335 e. The van der Waals surface area contributed by atoms with Crippen LogP contribution in [-0.2, 0) is 0 Å². The molecule has 1 aliphatic rings. The summed E-state index contributed by atoms with van der Waals surface area (Å²) >= 11 is 3.09.